The molecule has 0 heterocycles. The number of hydrogen-bond donors (Lipinski definition) is 0. The molecule has 0 saturated heterocycles. The normalized spacial score (nSPS) is 10.6. The van der Waals surface area contributed by atoms with Gasteiger partial charge in [-0.15, -0.1) is 0 Å². The molecule has 0 unspecified atom stereocenters. The van der Waals surface area contributed by atoms with E-state index in [2.05, 4.69) is 0 Å². The maximum atomic E-state index is 12.9. The molecule has 25 heavy (non-hydrogen) atoms. The van der Waals surface area contributed by atoms with Crippen molar-refractivity contribution in [2.24, 2.45) is 0 Å². The highest BCUT2D eigenvalue weighted by Gasteiger charge is 2.16. The zero-order chi connectivity index (χ0) is 18.2. The van der Waals surface area contributed by atoms with Crippen LogP contribution in [-0.4, -0.2) is 16.4 Å². The predicted molar refractivity (Wildman–Crippen MR) is 89.1 cm³/mol. The van der Waals surface area contributed by atoms with Gasteiger partial charge in [-0.25, -0.2) is 4.39 Å². The average Bonchev–Trinajstić information content (AvgIpc) is 2.62. The molecule has 0 N–H and O–H groups in total. The highest BCUT2D eigenvalue weighted by atomic mass is 19.1. The van der Waals surface area contributed by atoms with E-state index in [1.165, 1.54) is 35.2 Å². The molecule has 0 amide bonds. The SMILES string of the molecule is N#C/C(=C\c1ccc(F)cc1)CN(C#N)Cc1ccccc1[N+](=O)[O-]. The van der Waals surface area contributed by atoms with Gasteiger partial charge in [0.2, 0.25) is 0 Å². The van der Waals surface area contributed by atoms with Gasteiger partial charge in [0.15, 0.2) is 6.19 Å². The van der Waals surface area contributed by atoms with E-state index in [1.807, 2.05) is 12.3 Å². The number of nitrogens with zero attached hydrogens (tertiary/aromatic N) is 4. The van der Waals surface area contributed by atoms with Crippen LogP contribution in [0.2, 0.25) is 0 Å². The lowest BCUT2D eigenvalue weighted by Crippen LogP contribution is -2.20. The minimum absolute atomic E-state index is 0.00355. The van der Waals surface area contributed by atoms with Crippen LogP contribution in [0, 0.1) is 38.7 Å². The van der Waals surface area contributed by atoms with Gasteiger partial charge in [0.1, 0.15) is 5.82 Å². The number of benzene rings is 2. The van der Waals surface area contributed by atoms with Gasteiger partial charge >= 0.3 is 0 Å². The molecule has 0 bridgehead atoms. The number of nitro groups is 1. The smallest absolute Gasteiger partial charge is 0.274 e. The second-order valence-corrected chi connectivity index (χ2v) is 5.17. The molecule has 0 aliphatic carbocycles. The molecule has 0 saturated carbocycles. The lowest BCUT2D eigenvalue weighted by Gasteiger charge is -2.15. The number of para-hydroxylation sites is 1. The van der Waals surface area contributed by atoms with Crippen molar-refractivity contribution in [3.05, 3.63) is 81.2 Å². The Bertz CT molecular complexity index is 879. The Morgan fingerprint density at radius 1 is 1.20 bits per heavy atom. The molecule has 2 aromatic rings. The summed E-state index contributed by atoms with van der Waals surface area (Å²) in [5, 5.41) is 29.6. The first-order valence-corrected chi connectivity index (χ1v) is 7.26. The maximum Gasteiger partial charge on any atom is 0.274 e. The second-order valence-electron chi connectivity index (χ2n) is 5.17. The van der Waals surface area contributed by atoms with Crippen molar-refractivity contribution < 1.29 is 9.31 Å². The van der Waals surface area contributed by atoms with E-state index < -0.39 is 4.92 Å². The fourth-order valence-electron chi connectivity index (χ4n) is 2.23. The summed E-state index contributed by atoms with van der Waals surface area (Å²) in [6.07, 6.45) is 3.48. The lowest BCUT2D eigenvalue weighted by atomic mass is 10.1. The monoisotopic (exact) mass is 336 g/mol. The summed E-state index contributed by atoms with van der Waals surface area (Å²) in [5.41, 5.74) is 1.21. The molecule has 0 aliphatic heterocycles. The fraction of sp³-hybridized carbons (Fsp3) is 0.111. The van der Waals surface area contributed by atoms with Gasteiger partial charge in [0, 0.05) is 11.6 Å². The number of nitro benzene ring substituents is 1. The van der Waals surface area contributed by atoms with Crippen molar-refractivity contribution in [1.82, 2.24) is 4.90 Å². The van der Waals surface area contributed by atoms with E-state index in [0.717, 1.165) is 0 Å². The van der Waals surface area contributed by atoms with Crippen LogP contribution in [0.25, 0.3) is 6.08 Å². The van der Waals surface area contributed by atoms with E-state index in [9.17, 15) is 25.0 Å². The number of nitriles is 2. The van der Waals surface area contributed by atoms with Gasteiger partial charge in [-0.1, -0.05) is 30.3 Å². The van der Waals surface area contributed by atoms with Gasteiger partial charge in [-0.05, 0) is 23.8 Å². The largest absolute Gasteiger partial charge is 0.301 e. The van der Waals surface area contributed by atoms with Gasteiger partial charge in [0.05, 0.1) is 29.7 Å². The summed E-state index contributed by atoms with van der Waals surface area (Å²) in [7, 11) is 0. The first-order valence-electron chi connectivity index (χ1n) is 7.26. The standard InChI is InChI=1S/C18H13FN4O2/c19-17-7-5-14(6-8-17)9-15(10-20)11-22(13-21)12-16-3-1-2-4-18(16)23(24)25/h1-9H,11-12H2/b15-9+. The molecule has 0 fully saturated rings. The Balaban J connectivity index is 2.18. The number of halogens is 1. The summed E-state index contributed by atoms with van der Waals surface area (Å²) in [4.78, 5) is 11.8. The van der Waals surface area contributed by atoms with Crippen LogP contribution < -0.4 is 0 Å². The fourth-order valence-corrected chi connectivity index (χ4v) is 2.23. The molecule has 0 atom stereocenters. The van der Waals surface area contributed by atoms with Gasteiger partial charge in [-0.2, -0.15) is 10.5 Å². The highest BCUT2D eigenvalue weighted by molar-refractivity contribution is 5.57. The Labute approximate surface area is 143 Å². The van der Waals surface area contributed by atoms with Crippen molar-refractivity contribution in [3.63, 3.8) is 0 Å². The topological polar surface area (TPSA) is 94.0 Å². The van der Waals surface area contributed by atoms with Crippen molar-refractivity contribution in [3.8, 4) is 12.3 Å². The van der Waals surface area contributed by atoms with Gasteiger partial charge in [-0.3, -0.25) is 10.1 Å². The number of hydrogen-bond acceptors (Lipinski definition) is 5. The molecule has 0 aliphatic rings. The minimum Gasteiger partial charge on any atom is -0.301 e. The van der Waals surface area contributed by atoms with Crippen LogP contribution in [0.15, 0.2) is 54.1 Å². The van der Waals surface area contributed by atoms with Crippen molar-refractivity contribution in [2.75, 3.05) is 6.54 Å². The highest BCUT2D eigenvalue weighted by Crippen LogP contribution is 2.20. The summed E-state index contributed by atoms with van der Waals surface area (Å²) < 4.78 is 12.9. The third kappa shape index (κ3) is 4.88. The van der Waals surface area contributed by atoms with Crippen molar-refractivity contribution in [1.29, 1.82) is 10.5 Å². The van der Waals surface area contributed by atoms with Gasteiger partial charge in [0.25, 0.3) is 5.69 Å². The van der Waals surface area contributed by atoms with E-state index in [0.29, 0.717) is 11.1 Å². The Morgan fingerprint density at radius 2 is 1.88 bits per heavy atom. The Hall–Kier alpha value is -3.71. The summed E-state index contributed by atoms with van der Waals surface area (Å²) >= 11 is 0. The Kier molecular flexibility index (Phi) is 5.81. The van der Waals surface area contributed by atoms with E-state index >= 15 is 0 Å². The van der Waals surface area contributed by atoms with Gasteiger partial charge < -0.3 is 4.90 Å². The van der Waals surface area contributed by atoms with Crippen LogP contribution in [0.3, 0.4) is 0 Å². The molecule has 0 radical (unpaired) electrons. The van der Waals surface area contributed by atoms with Crippen LogP contribution in [0.5, 0.6) is 0 Å². The van der Waals surface area contributed by atoms with Crippen LogP contribution in [-0.2, 0) is 6.54 Å². The number of rotatable bonds is 6. The van der Waals surface area contributed by atoms with Crippen LogP contribution in [0.4, 0.5) is 10.1 Å². The zero-order valence-corrected chi connectivity index (χ0v) is 13.1. The minimum atomic E-state index is -0.509. The average molecular weight is 336 g/mol. The molecule has 7 heteroatoms. The molecular formula is C18H13FN4O2. The molecule has 0 spiro atoms. The predicted octanol–water partition coefficient (Wildman–Crippen LogP) is 3.62. The third-order valence-corrected chi connectivity index (χ3v) is 3.41. The van der Waals surface area contributed by atoms with E-state index in [1.54, 1.807) is 24.3 Å². The van der Waals surface area contributed by atoms with Crippen molar-refractivity contribution >= 4 is 11.8 Å². The second kappa shape index (κ2) is 8.23. The molecular weight excluding hydrogens is 323 g/mol. The van der Waals surface area contributed by atoms with E-state index in [-0.39, 0.29) is 30.2 Å². The summed E-state index contributed by atoms with van der Waals surface area (Å²) in [6.45, 7) is 0.00646. The zero-order valence-electron chi connectivity index (χ0n) is 13.1. The third-order valence-electron chi connectivity index (χ3n) is 3.41. The lowest BCUT2D eigenvalue weighted by molar-refractivity contribution is -0.385. The van der Waals surface area contributed by atoms with E-state index in [4.69, 9.17) is 0 Å². The molecule has 2 aromatic carbocycles. The first kappa shape index (κ1) is 17.6. The molecule has 0 aromatic heterocycles. The van der Waals surface area contributed by atoms with Crippen molar-refractivity contribution in [2.45, 2.75) is 6.54 Å². The molecule has 2 rings (SSSR count). The maximum absolute atomic E-state index is 12.9. The summed E-state index contributed by atoms with van der Waals surface area (Å²) in [5.74, 6) is -0.384. The van der Waals surface area contributed by atoms with Crippen LogP contribution in [0.1, 0.15) is 11.1 Å². The first-order chi connectivity index (χ1) is 12.0. The summed E-state index contributed by atoms with van der Waals surface area (Å²) in [6, 6.07) is 13.7. The molecule has 6 nitrogen and oxygen atoms in total. The molecule has 124 valence electrons. The van der Waals surface area contributed by atoms with Crippen LogP contribution >= 0.6 is 0 Å². The Morgan fingerprint density at radius 3 is 2.48 bits per heavy atom. The quantitative estimate of drug-likeness (QED) is 0.264.